The lowest BCUT2D eigenvalue weighted by Gasteiger charge is -2.01. The standard InChI is InChI=1S/C16H12N6O5S/c1-7-12-14(17)18-5-19-16(12)28-13(7)15(23)21-20-4-8-2-10-11(27-6-26-10)3-9(8)22(24)25/h2-5H,6H2,1H3,(H,21,23)(H2,17,18,19)/b20-4-. The lowest BCUT2D eigenvalue weighted by Crippen LogP contribution is -2.17. The van der Waals surface area contributed by atoms with Gasteiger partial charge in [0.1, 0.15) is 17.0 Å². The molecule has 2 aromatic heterocycles. The molecule has 3 aromatic rings. The van der Waals surface area contributed by atoms with Crippen LogP contribution in [0.1, 0.15) is 20.8 Å². The molecule has 0 radical (unpaired) electrons. The third-order valence-electron chi connectivity index (χ3n) is 4.05. The number of amides is 1. The second-order valence-corrected chi connectivity index (χ2v) is 6.71. The Bertz CT molecular complexity index is 1160. The number of nitrogens with zero attached hydrogens (tertiary/aromatic N) is 4. The minimum atomic E-state index is -0.567. The number of nitro benzene ring substituents is 1. The number of aromatic nitrogens is 2. The van der Waals surface area contributed by atoms with Crippen molar-refractivity contribution in [2.45, 2.75) is 6.92 Å². The van der Waals surface area contributed by atoms with E-state index in [1.807, 2.05) is 0 Å². The number of rotatable bonds is 4. The first kappa shape index (κ1) is 17.6. The van der Waals surface area contributed by atoms with Crippen LogP contribution in [0.2, 0.25) is 0 Å². The molecule has 3 N–H and O–H groups in total. The number of thiophene rings is 1. The fourth-order valence-corrected chi connectivity index (χ4v) is 3.78. The van der Waals surface area contributed by atoms with E-state index in [-0.39, 0.29) is 29.6 Å². The predicted molar refractivity (Wildman–Crippen MR) is 101 cm³/mol. The number of nitrogen functional groups attached to an aromatic ring is 1. The van der Waals surface area contributed by atoms with E-state index in [0.717, 1.165) is 11.3 Å². The van der Waals surface area contributed by atoms with Crippen molar-refractivity contribution in [3.63, 3.8) is 0 Å². The summed E-state index contributed by atoms with van der Waals surface area (Å²) in [6.07, 6.45) is 2.50. The molecule has 3 heterocycles. The molecular weight excluding hydrogens is 388 g/mol. The smallest absolute Gasteiger partial charge is 0.282 e. The summed E-state index contributed by atoms with van der Waals surface area (Å²) in [4.78, 5) is 32.1. The molecule has 1 amide bonds. The lowest BCUT2D eigenvalue weighted by atomic mass is 10.1. The zero-order chi connectivity index (χ0) is 19.8. The van der Waals surface area contributed by atoms with Crippen LogP contribution in [0, 0.1) is 17.0 Å². The molecule has 0 bridgehead atoms. The number of carbonyl (C=O) groups excluding carboxylic acids is 1. The van der Waals surface area contributed by atoms with Gasteiger partial charge in [-0.3, -0.25) is 14.9 Å². The first-order valence-electron chi connectivity index (χ1n) is 7.86. The highest BCUT2D eigenvalue weighted by molar-refractivity contribution is 7.20. The van der Waals surface area contributed by atoms with Gasteiger partial charge in [0.2, 0.25) is 6.79 Å². The highest BCUT2D eigenvalue weighted by Gasteiger charge is 2.23. The summed E-state index contributed by atoms with van der Waals surface area (Å²) in [7, 11) is 0. The SMILES string of the molecule is Cc1c(C(=O)N/N=C\c2cc3c(cc2[N+](=O)[O-])OCO3)sc2ncnc(N)c12. The maximum absolute atomic E-state index is 12.5. The maximum atomic E-state index is 12.5. The number of anilines is 1. The minimum Gasteiger partial charge on any atom is -0.454 e. The van der Waals surface area contributed by atoms with Gasteiger partial charge in [-0.25, -0.2) is 15.4 Å². The van der Waals surface area contributed by atoms with E-state index in [0.29, 0.717) is 26.4 Å². The van der Waals surface area contributed by atoms with Crippen LogP contribution in [-0.4, -0.2) is 33.8 Å². The number of aryl methyl sites for hydroxylation is 1. The van der Waals surface area contributed by atoms with Crippen molar-refractivity contribution in [3.8, 4) is 11.5 Å². The second-order valence-electron chi connectivity index (χ2n) is 5.72. The largest absolute Gasteiger partial charge is 0.454 e. The fourth-order valence-electron chi connectivity index (χ4n) is 2.74. The molecule has 1 aliphatic rings. The van der Waals surface area contributed by atoms with Crippen molar-refractivity contribution in [1.82, 2.24) is 15.4 Å². The number of ether oxygens (including phenoxy) is 2. The average Bonchev–Trinajstić information content (AvgIpc) is 3.25. The van der Waals surface area contributed by atoms with E-state index in [9.17, 15) is 14.9 Å². The first-order valence-corrected chi connectivity index (χ1v) is 8.68. The van der Waals surface area contributed by atoms with E-state index in [1.54, 1.807) is 6.92 Å². The average molecular weight is 400 g/mol. The zero-order valence-electron chi connectivity index (χ0n) is 14.3. The molecule has 4 rings (SSSR count). The monoisotopic (exact) mass is 400 g/mol. The minimum absolute atomic E-state index is 0.0128. The molecule has 0 saturated heterocycles. The van der Waals surface area contributed by atoms with Crippen LogP contribution in [0.5, 0.6) is 11.5 Å². The molecule has 1 aliphatic heterocycles. The maximum Gasteiger partial charge on any atom is 0.282 e. The molecule has 0 fully saturated rings. The molecule has 0 spiro atoms. The number of nitrogens with two attached hydrogens (primary N) is 1. The normalized spacial score (nSPS) is 12.6. The van der Waals surface area contributed by atoms with Crippen molar-refractivity contribution in [3.05, 3.63) is 44.6 Å². The molecule has 11 nitrogen and oxygen atoms in total. The van der Waals surface area contributed by atoms with Crippen LogP contribution < -0.4 is 20.6 Å². The van der Waals surface area contributed by atoms with Gasteiger partial charge in [-0.05, 0) is 18.6 Å². The fraction of sp³-hybridized carbons (Fsp3) is 0.125. The van der Waals surface area contributed by atoms with E-state index in [2.05, 4.69) is 20.5 Å². The molecule has 12 heteroatoms. The third-order valence-corrected chi connectivity index (χ3v) is 5.25. The number of hydrazone groups is 1. The number of benzene rings is 1. The number of fused-ring (bicyclic) bond motifs is 2. The Morgan fingerprint density at radius 1 is 1.39 bits per heavy atom. The van der Waals surface area contributed by atoms with Crippen LogP contribution in [-0.2, 0) is 0 Å². The van der Waals surface area contributed by atoms with Gasteiger partial charge in [-0.2, -0.15) is 5.10 Å². The van der Waals surface area contributed by atoms with Crippen LogP contribution in [0.25, 0.3) is 10.2 Å². The van der Waals surface area contributed by atoms with Gasteiger partial charge in [-0.15, -0.1) is 11.3 Å². The molecule has 142 valence electrons. The summed E-state index contributed by atoms with van der Waals surface area (Å²) in [5.41, 5.74) is 8.79. The molecule has 0 unspecified atom stereocenters. The van der Waals surface area contributed by atoms with Crippen LogP contribution >= 0.6 is 11.3 Å². The Morgan fingerprint density at radius 3 is 2.86 bits per heavy atom. The zero-order valence-corrected chi connectivity index (χ0v) is 15.1. The van der Waals surface area contributed by atoms with Crippen molar-refractivity contribution in [2.24, 2.45) is 5.10 Å². The van der Waals surface area contributed by atoms with Crippen molar-refractivity contribution < 1.29 is 19.2 Å². The van der Waals surface area contributed by atoms with Gasteiger partial charge in [0, 0.05) is 0 Å². The molecular formula is C16H12N6O5S. The van der Waals surface area contributed by atoms with Gasteiger partial charge in [0.05, 0.1) is 33.0 Å². The third kappa shape index (κ3) is 2.95. The number of nitro groups is 1. The summed E-state index contributed by atoms with van der Waals surface area (Å²) in [6.45, 7) is 1.72. The summed E-state index contributed by atoms with van der Waals surface area (Å²) in [5.74, 6) is 0.456. The number of hydrogen-bond acceptors (Lipinski definition) is 10. The van der Waals surface area contributed by atoms with Crippen molar-refractivity contribution in [2.75, 3.05) is 12.5 Å². The van der Waals surface area contributed by atoms with Crippen molar-refractivity contribution in [1.29, 1.82) is 0 Å². The van der Waals surface area contributed by atoms with Gasteiger partial charge in [-0.1, -0.05) is 0 Å². The summed E-state index contributed by atoms with van der Waals surface area (Å²) in [5, 5.41) is 15.7. The van der Waals surface area contributed by atoms with Gasteiger partial charge in [0.15, 0.2) is 11.5 Å². The summed E-state index contributed by atoms with van der Waals surface area (Å²) in [6, 6.07) is 2.68. The van der Waals surface area contributed by atoms with Gasteiger partial charge in [0.25, 0.3) is 11.6 Å². The summed E-state index contributed by atoms with van der Waals surface area (Å²) < 4.78 is 10.3. The Labute approximate surface area is 161 Å². The highest BCUT2D eigenvalue weighted by atomic mass is 32.1. The first-order chi connectivity index (χ1) is 13.5. The lowest BCUT2D eigenvalue weighted by molar-refractivity contribution is -0.385. The van der Waals surface area contributed by atoms with Gasteiger partial charge < -0.3 is 15.2 Å². The Morgan fingerprint density at radius 2 is 2.14 bits per heavy atom. The van der Waals surface area contributed by atoms with Crippen LogP contribution in [0.15, 0.2) is 23.6 Å². The Kier molecular flexibility index (Phi) is 4.24. The molecule has 28 heavy (non-hydrogen) atoms. The number of nitrogens with one attached hydrogen (secondary N) is 1. The molecule has 0 atom stereocenters. The Hall–Kier alpha value is -3.80. The Balaban J connectivity index is 1.59. The topological polar surface area (TPSA) is 155 Å². The van der Waals surface area contributed by atoms with Crippen LogP contribution in [0.3, 0.4) is 0 Å². The van der Waals surface area contributed by atoms with E-state index in [4.69, 9.17) is 15.2 Å². The quantitative estimate of drug-likeness (QED) is 0.383. The highest BCUT2D eigenvalue weighted by Crippen LogP contribution is 2.37. The number of carbonyl (C=O) groups is 1. The van der Waals surface area contributed by atoms with Crippen molar-refractivity contribution >= 4 is 45.2 Å². The molecule has 0 saturated carbocycles. The van der Waals surface area contributed by atoms with E-state index in [1.165, 1.54) is 24.7 Å². The van der Waals surface area contributed by atoms with Gasteiger partial charge >= 0.3 is 0 Å². The molecule has 1 aromatic carbocycles. The number of hydrogen-bond donors (Lipinski definition) is 2. The van der Waals surface area contributed by atoms with E-state index < -0.39 is 10.8 Å². The predicted octanol–water partition coefficient (Wildman–Crippen LogP) is 1.98. The molecule has 0 aliphatic carbocycles. The summed E-state index contributed by atoms with van der Waals surface area (Å²) >= 11 is 1.15. The van der Waals surface area contributed by atoms with Crippen LogP contribution in [0.4, 0.5) is 11.5 Å². The second kappa shape index (κ2) is 6.74. The van der Waals surface area contributed by atoms with E-state index >= 15 is 0 Å².